The first-order valence-electron chi connectivity index (χ1n) is 8.16. The third-order valence-electron chi connectivity index (χ3n) is 3.78. The van der Waals surface area contributed by atoms with Gasteiger partial charge >= 0.3 is 5.97 Å². The number of nitrogens with zero attached hydrogens (tertiary/aromatic N) is 2. The van der Waals surface area contributed by atoms with Crippen molar-refractivity contribution >= 4 is 28.5 Å². The molecule has 0 fully saturated rings. The lowest BCUT2D eigenvalue weighted by Gasteiger charge is -2.07. The van der Waals surface area contributed by atoms with Gasteiger partial charge in [-0.2, -0.15) is 0 Å². The highest BCUT2D eigenvalue weighted by atomic mass is 16.5. The molecule has 0 atom stereocenters. The van der Waals surface area contributed by atoms with Crippen LogP contribution in [0.15, 0.2) is 42.6 Å². The lowest BCUT2D eigenvalue weighted by atomic mass is 10.2. The predicted octanol–water partition coefficient (Wildman–Crippen LogP) is 3.50. The number of rotatable bonds is 5. The molecule has 7 heteroatoms. The van der Waals surface area contributed by atoms with Crippen molar-refractivity contribution in [2.45, 2.75) is 13.8 Å². The van der Waals surface area contributed by atoms with Crippen molar-refractivity contribution in [3.05, 3.63) is 48.3 Å². The molecule has 0 saturated carbocycles. The molecule has 134 valence electrons. The molecule has 0 aliphatic heterocycles. The van der Waals surface area contributed by atoms with Gasteiger partial charge in [-0.05, 0) is 31.2 Å². The number of hydrogen-bond donors (Lipinski definition) is 1. The van der Waals surface area contributed by atoms with E-state index >= 15 is 0 Å². The molecule has 3 aromatic rings. The van der Waals surface area contributed by atoms with Gasteiger partial charge in [0.15, 0.2) is 0 Å². The number of ether oxygens (including phenoxy) is 2. The Balaban J connectivity index is 1.83. The van der Waals surface area contributed by atoms with Gasteiger partial charge in [-0.15, -0.1) is 0 Å². The average molecular weight is 353 g/mol. The average Bonchev–Trinajstić information content (AvgIpc) is 2.93. The maximum absolute atomic E-state index is 12.0. The normalized spacial score (nSPS) is 10.6. The fourth-order valence-electron chi connectivity index (χ4n) is 2.61. The highest BCUT2D eigenvalue weighted by molar-refractivity contribution is 5.96. The van der Waals surface area contributed by atoms with E-state index in [2.05, 4.69) is 10.3 Å². The minimum atomic E-state index is -0.358. The second kappa shape index (κ2) is 7.26. The molecule has 2 aromatic heterocycles. The quantitative estimate of drug-likeness (QED) is 0.710. The summed E-state index contributed by atoms with van der Waals surface area (Å²) in [4.78, 5) is 27.2. The number of aryl methyl sites for hydroxylation is 1. The van der Waals surface area contributed by atoms with Crippen LogP contribution < -0.4 is 10.1 Å². The third-order valence-corrected chi connectivity index (χ3v) is 3.78. The highest BCUT2D eigenvalue weighted by Gasteiger charge is 2.15. The van der Waals surface area contributed by atoms with Crippen LogP contribution in [-0.2, 0) is 16.6 Å². The third kappa shape index (κ3) is 3.66. The topological polar surface area (TPSA) is 82.4 Å². The summed E-state index contributed by atoms with van der Waals surface area (Å²) < 4.78 is 12.6. The first-order valence-corrected chi connectivity index (χ1v) is 8.16. The second-order valence-electron chi connectivity index (χ2n) is 5.70. The van der Waals surface area contributed by atoms with Gasteiger partial charge in [-0.3, -0.25) is 4.79 Å². The van der Waals surface area contributed by atoms with Crippen LogP contribution in [0.5, 0.6) is 11.6 Å². The van der Waals surface area contributed by atoms with E-state index in [0.29, 0.717) is 29.6 Å². The van der Waals surface area contributed by atoms with Crippen LogP contribution in [0.1, 0.15) is 24.3 Å². The van der Waals surface area contributed by atoms with Gasteiger partial charge in [-0.1, -0.05) is 0 Å². The summed E-state index contributed by atoms with van der Waals surface area (Å²) in [6.07, 6.45) is 1.52. The van der Waals surface area contributed by atoms with Crippen LogP contribution in [-0.4, -0.2) is 28.0 Å². The summed E-state index contributed by atoms with van der Waals surface area (Å²) in [5.41, 5.74) is 1.93. The van der Waals surface area contributed by atoms with Crippen LogP contribution in [0, 0.1) is 0 Å². The van der Waals surface area contributed by atoms with Gasteiger partial charge in [0.25, 0.3) is 0 Å². The van der Waals surface area contributed by atoms with E-state index in [-0.39, 0.29) is 11.9 Å². The summed E-state index contributed by atoms with van der Waals surface area (Å²) in [5.74, 6) is 0.475. The Morgan fingerprint density at radius 1 is 1.19 bits per heavy atom. The largest absolute Gasteiger partial charge is 0.461 e. The molecule has 0 aliphatic rings. The van der Waals surface area contributed by atoms with Crippen LogP contribution in [0.4, 0.5) is 5.69 Å². The van der Waals surface area contributed by atoms with E-state index in [4.69, 9.17) is 9.47 Å². The van der Waals surface area contributed by atoms with Crippen molar-refractivity contribution < 1.29 is 19.1 Å². The first-order chi connectivity index (χ1) is 12.5. The molecular weight excluding hydrogens is 334 g/mol. The Morgan fingerprint density at radius 3 is 2.65 bits per heavy atom. The van der Waals surface area contributed by atoms with E-state index in [1.54, 1.807) is 42.8 Å². The zero-order valence-corrected chi connectivity index (χ0v) is 14.8. The maximum Gasteiger partial charge on any atom is 0.354 e. The lowest BCUT2D eigenvalue weighted by molar-refractivity contribution is -0.114. The SMILES string of the molecule is CCOC(=O)c1cc2ccc(Oc3ccc(NC(C)=O)cn3)cc2n1C. The minimum Gasteiger partial charge on any atom is -0.461 e. The van der Waals surface area contributed by atoms with Crippen LogP contribution in [0.2, 0.25) is 0 Å². The number of pyridine rings is 1. The Morgan fingerprint density at radius 2 is 2.00 bits per heavy atom. The molecule has 1 amide bonds. The molecule has 0 spiro atoms. The Labute approximate surface area is 150 Å². The van der Waals surface area contributed by atoms with Crippen LogP contribution >= 0.6 is 0 Å². The number of anilines is 1. The van der Waals surface area contributed by atoms with Crippen LogP contribution in [0.3, 0.4) is 0 Å². The number of benzene rings is 1. The number of esters is 1. The number of fused-ring (bicyclic) bond motifs is 1. The van der Waals surface area contributed by atoms with Crippen molar-refractivity contribution in [3.8, 4) is 11.6 Å². The number of carbonyl (C=O) groups excluding carboxylic acids is 2. The van der Waals surface area contributed by atoms with E-state index < -0.39 is 0 Å². The van der Waals surface area contributed by atoms with Gasteiger partial charge in [-0.25, -0.2) is 9.78 Å². The highest BCUT2D eigenvalue weighted by Crippen LogP contribution is 2.27. The van der Waals surface area contributed by atoms with Gasteiger partial charge in [0, 0.05) is 31.5 Å². The number of aromatic nitrogens is 2. The maximum atomic E-state index is 12.0. The molecular formula is C19H19N3O4. The van der Waals surface area contributed by atoms with E-state index in [9.17, 15) is 9.59 Å². The first kappa shape index (κ1) is 17.5. The summed E-state index contributed by atoms with van der Waals surface area (Å²) in [6, 6.07) is 10.7. The molecule has 0 saturated heterocycles. The fourth-order valence-corrected chi connectivity index (χ4v) is 2.61. The second-order valence-corrected chi connectivity index (χ2v) is 5.70. The summed E-state index contributed by atoms with van der Waals surface area (Å²) in [6.45, 7) is 3.54. The minimum absolute atomic E-state index is 0.160. The number of hydrogen-bond acceptors (Lipinski definition) is 5. The fraction of sp³-hybridized carbons (Fsp3) is 0.211. The van der Waals surface area contributed by atoms with E-state index in [1.807, 2.05) is 12.1 Å². The summed E-state index contributed by atoms with van der Waals surface area (Å²) in [5, 5.41) is 3.56. The van der Waals surface area contributed by atoms with Crippen molar-refractivity contribution in [3.63, 3.8) is 0 Å². The smallest absolute Gasteiger partial charge is 0.354 e. The van der Waals surface area contributed by atoms with Gasteiger partial charge < -0.3 is 19.4 Å². The monoisotopic (exact) mass is 353 g/mol. The molecule has 2 heterocycles. The van der Waals surface area contributed by atoms with Crippen molar-refractivity contribution in [1.29, 1.82) is 0 Å². The number of nitrogens with one attached hydrogen (secondary N) is 1. The Bertz CT molecular complexity index is 961. The Kier molecular flexibility index (Phi) is 4.88. The van der Waals surface area contributed by atoms with E-state index in [1.165, 1.54) is 13.1 Å². The molecule has 1 aromatic carbocycles. The van der Waals surface area contributed by atoms with Crippen molar-refractivity contribution in [1.82, 2.24) is 9.55 Å². The molecule has 26 heavy (non-hydrogen) atoms. The molecule has 0 bridgehead atoms. The molecule has 3 rings (SSSR count). The van der Waals surface area contributed by atoms with E-state index in [0.717, 1.165) is 10.9 Å². The standard InChI is InChI=1S/C19H19N3O4/c1-4-25-19(24)17-9-13-5-7-15(10-16(13)22(17)3)26-18-8-6-14(11-20-18)21-12(2)23/h5-11H,4H2,1-3H3,(H,21,23). The number of carbonyl (C=O) groups is 2. The summed E-state index contributed by atoms with van der Waals surface area (Å²) >= 11 is 0. The lowest BCUT2D eigenvalue weighted by Crippen LogP contribution is -2.09. The number of amides is 1. The molecule has 7 nitrogen and oxygen atoms in total. The van der Waals surface area contributed by atoms with Crippen LogP contribution in [0.25, 0.3) is 10.9 Å². The molecule has 0 unspecified atom stereocenters. The Hall–Kier alpha value is -3.35. The van der Waals surface area contributed by atoms with Crippen molar-refractivity contribution in [2.75, 3.05) is 11.9 Å². The van der Waals surface area contributed by atoms with Gasteiger partial charge in [0.2, 0.25) is 11.8 Å². The molecule has 1 N–H and O–H groups in total. The zero-order chi connectivity index (χ0) is 18.7. The molecule has 0 radical (unpaired) electrons. The van der Waals surface area contributed by atoms with Gasteiger partial charge in [0.1, 0.15) is 11.4 Å². The van der Waals surface area contributed by atoms with Gasteiger partial charge in [0.05, 0.1) is 24.0 Å². The summed E-state index contributed by atoms with van der Waals surface area (Å²) in [7, 11) is 1.80. The predicted molar refractivity (Wildman–Crippen MR) is 97.5 cm³/mol. The zero-order valence-electron chi connectivity index (χ0n) is 14.8. The van der Waals surface area contributed by atoms with Crippen molar-refractivity contribution in [2.24, 2.45) is 7.05 Å². The molecule has 0 aliphatic carbocycles.